The van der Waals surface area contributed by atoms with Crippen LogP contribution in [0.1, 0.15) is 18.2 Å². The zero-order chi connectivity index (χ0) is 9.84. The molecule has 0 aliphatic carbocycles. The van der Waals surface area contributed by atoms with Crippen molar-refractivity contribution in [2.45, 2.75) is 12.5 Å². The highest BCUT2D eigenvalue weighted by molar-refractivity contribution is 5.12. The molecule has 0 spiro atoms. The molecule has 72 valence electrons. The molecule has 1 atom stereocenters. The molecular formula is C8H10F2N2O. The van der Waals surface area contributed by atoms with Crippen molar-refractivity contribution in [3.8, 4) is 0 Å². The van der Waals surface area contributed by atoms with Gasteiger partial charge in [-0.25, -0.2) is 8.78 Å². The number of rotatable bonds is 3. The first-order chi connectivity index (χ1) is 6.15. The van der Waals surface area contributed by atoms with E-state index >= 15 is 0 Å². The van der Waals surface area contributed by atoms with Gasteiger partial charge in [-0.1, -0.05) is 0 Å². The molecule has 0 aliphatic heterocycles. The van der Waals surface area contributed by atoms with Gasteiger partial charge in [0.15, 0.2) is 0 Å². The lowest BCUT2D eigenvalue weighted by atomic mass is 10.1. The van der Waals surface area contributed by atoms with Crippen LogP contribution in [0.5, 0.6) is 0 Å². The van der Waals surface area contributed by atoms with Gasteiger partial charge in [0.2, 0.25) is 0 Å². The molecule has 0 fully saturated rings. The van der Waals surface area contributed by atoms with Gasteiger partial charge in [0, 0.05) is 12.7 Å². The number of pyridine rings is 1. The van der Waals surface area contributed by atoms with E-state index in [4.69, 9.17) is 10.8 Å². The molecule has 13 heavy (non-hydrogen) atoms. The smallest absolute Gasteiger partial charge is 0.149 e. The van der Waals surface area contributed by atoms with Crippen LogP contribution in [0.3, 0.4) is 0 Å². The maximum Gasteiger partial charge on any atom is 0.149 e. The fraction of sp³-hybridized carbons (Fsp3) is 0.375. The predicted molar refractivity (Wildman–Crippen MR) is 42.8 cm³/mol. The number of aliphatic hydroxyl groups is 1. The number of nitrogens with two attached hydrogens (primary N) is 1. The van der Waals surface area contributed by atoms with Crippen molar-refractivity contribution in [2.24, 2.45) is 5.73 Å². The zero-order valence-electron chi connectivity index (χ0n) is 6.87. The lowest BCUT2D eigenvalue weighted by Crippen LogP contribution is -2.15. The van der Waals surface area contributed by atoms with Gasteiger partial charge in [-0.3, -0.25) is 4.98 Å². The third-order valence-corrected chi connectivity index (χ3v) is 1.63. The van der Waals surface area contributed by atoms with Gasteiger partial charge in [-0.05, 0) is 6.42 Å². The second-order valence-corrected chi connectivity index (χ2v) is 2.64. The van der Waals surface area contributed by atoms with Crippen LogP contribution in [-0.4, -0.2) is 16.7 Å². The van der Waals surface area contributed by atoms with E-state index in [-0.39, 0.29) is 18.7 Å². The summed E-state index contributed by atoms with van der Waals surface area (Å²) >= 11 is 0. The summed E-state index contributed by atoms with van der Waals surface area (Å²) in [7, 11) is 0. The Morgan fingerprint density at radius 3 is 2.77 bits per heavy atom. The summed E-state index contributed by atoms with van der Waals surface area (Å²) in [6.45, 7) is -0.153. The van der Waals surface area contributed by atoms with Gasteiger partial charge in [-0.15, -0.1) is 0 Å². The summed E-state index contributed by atoms with van der Waals surface area (Å²) in [6, 6.07) is 0.0325. The molecule has 0 aliphatic rings. The van der Waals surface area contributed by atoms with Crippen LogP contribution in [0.4, 0.5) is 8.78 Å². The number of hydrogen-bond acceptors (Lipinski definition) is 3. The first-order valence-corrected chi connectivity index (χ1v) is 3.82. The van der Waals surface area contributed by atoms with Gasteiger partial charge >= 0.3 is 0 Å². The average Bonchev–Trinajstić information content (AvgIpc) is 2.04. The molecule has 0 bridgehead atoms. The highest BCUT2D eigenvalue weighted by Crippen LogP contribution is 2.15. The summed E-state index contributed by atoms with van der Waals surface area (Å²) in [4.78, 5) is 3.51. The number of halogens is 2. The predicted octanol–water partition coefficient (Wildman–Crippen LogP) is 0.742. The number of aromatic nitrogens is 1. The van der Waals surface area contributed by atoms with Crippen LogP contribution >= 0.6 is 0 Å². The van der Waals surface area contributed by atoms with Gasteiger partial charge in [0.05, 0.1) is 17.9 Å². The first-order valence-electron chi connectivity index (χ1n) is 3.82. The van der Waals surface area contributed by atoms with E-state index < -0.39 is 17.7 Å². The quantitative estimate of drug-likeness (QED) is 0.735. The Labute approximate surface area is 74.2 Å². The molecule has 0 saturated heterocycles. The van der Waals surface area contributed by atoms with E-state index in [0.717, 1.165) is 12.3 Å². The molecule has 0 saturated carbocycles. The van der Waals surface area contributed by atoms with Crippen molar-refractivity contribution in [1.82, 2.24) is 4.98 Å². The number of hydrogen-bond donors (Lipinski definition) is 2. The fourth-order valence-corrected chi connectivity index (χ4v) is 0.974. The fourth-order valence-electron chi connectivity index (χ4n) is 0.974. The third-order valence-electron chi connectivity index (χ3n) is 1.63. The van der Waals surface area contributed by atoms with Crippen LogP contribution < -0.4 is 5.73 Å². The van der Waals surface area contributed by atoms with Crippen LogP contribution in [0, 0.1) is 11.6 Å². The zero-order valence-corrected chi connectivity index (χ0v) is 6.87. The second-order valence-electron chi connectivity index (χ2n) is 2.64. The minimum atomic E-state index is -0.777. The molecule has 1 unspecified atom stereocenters. The highest BCUT2D eigenvalue weighted by atomic mass is 19.1. The Balaban J connectivity index is 2.88. The second kappa shape index (κ2) is 4.25. The van der Waals surface area contributed by atoms with Crippen molar-refractivity contribution < 1.29 is 13.9 Å². The minimum absolute atomic E-state index is 0.0181. The monoisotopic (exact) mass is 188 g/mol. The maximum absolute atomic E-state index is 13.0. The Bertz CT molecular complexity index is 293. The summed E-state index contributed by atoms with van der Waals surface area (Å²) < 4.78 is 25.4. The third kappa shape index (κ3) is 2.43. The Morgan fingerprint density at radius 2 is 2.23 bits per heavy atom. The van der Waals surface area contributed by atoms with E-state index in [1.54, 1.807) is 0 Å². The van der Waals surface area contributed by atoms with E-state index in [1.807, 2.05) is 0 Å². The van der Waals surface area contributed by atoms with E-state index in [2.05, 4.69) is 4.98 Å². The average molecular weight is 188 g/mol. The van der Waals surface area contributed by atoms with Crippen LogP contribution in [0.2, 0.25) is 0 Å². The van der Waals surface area contributed by atoms with Crippen LogP contribution in [-0.2, 0) is 0 Å². The van der Waals surface area contributed by atoms with Crippen molar-refractivity contribution in [2.75, 3.05) is 6.61 Å². The topological polar surface area (TPSA) is 59.1 Å². The molecule has 1 aromatic rings. The van der Waals surface area contributed by atoms with Gasteiger partial charge < -0.3 is 10.8 Å². The Hall–Kier alpha value is -1.07. The summed E-state index contributed by atoms with van der Waals surface area (Å²) in [5.74, 6) is -1.52. The number of aliphatic hydroxyl groups excluding tert-OH is 1. The van der Waals surface area contributed by atoms with Crippen molar-refractivity contribution in [3.63, 3.8) is 0 Å². The molecule has 1 heterocycles. The number of nitrogens with zero attached hydrogens (tertiary/aromatic N) is 1. The minimum Gasteiger partial charge on any atom is -0.396 e. The molecule has 0 aromatic carbocycles. The Kier molecular flexibility index (Phi) is 3.27. The summed E-state index contributed by atoms with van der Waals surface area (Å²) in [5, 5.41) is 8.54. The molecule has 0 amide bonds. The van der Waals surface area contributed by atoms with E-state index in [1.165, 1.54) is 0 Å². The summed E-state index contributed by atoms with van der Waals surface area (Å²) in [5.41, 5.74) is 5.45. The lowest BCUT2D eigenvalue weighted by Gasteiger charge is -2.09. The molecule has 1 rings (SSSR count). The SMILES string of the molecule is NC(CCO)c1ncc(F)cc1F. The largest absolute Gasteiger partial charge is 0.396 e. The maximum atomic E-state index is 13.0. The molecule has 1 aromatic heterocycles. The van der Waals surface area contributed by atoms with E-state index in [9.17, 15) is 8.78 Å². The molecular weight excluding hydrogens is 178 g/mol. The van der Waals surface area contributed by atoms with Gasteiger partial charge in [0.25, 0.3) is 0 Å². The normalized spacial score (nSPS) is 12.9. The van der Waals surface area contributed by atoms with Gasteiger partial charge in [0.1, 0.15) is 11.6 Å². The van der Waals surface area contributed by atoms with Crippen molar-refractivity contribution >= 4 is 0 Å². The van der Waals surface area contributed by atoms with E-state index in [0.29, 0.717) is 0 Å². The molecule has 0 radical (unpaired) electrons. The van der Waals surface area contributed by atoms with Crippen LogP contribution in [0.25, 0.3) is 0 Å². The standard InChI is InChI=1S/C8H10F2N2O/c9-5-3-6(10)8(12-4-5)7(11)1-2-13/h3-4,7,13H,1-2,11H2. The highest BCUT2D eigenvalue weighted by Gasteiger charge is 2.12. The van der Waals surface area contributed by atoms with Crippen molar-refractivity contribution in [1.29, 1.82) is 0 Å². The summed E-state index contributed by atoms with van der Waals surface area (Å²) in [6.07, 6.45) is 1.10. The van der Waals surface area contributed by atoms with Gasteiger partial charge in [-0.2, -0.15) is 0 Å². The van der Waals surface area contributed by atoms with Crippen molar-refractivity contribution in [3.05, 3.63) is 29.6 Å². The van der Waals surface area contributed by atoms with Crippen LogP contribution in [0.15, 0.2) is 12.3 Å². The first kappa shape index (κ1) is 10.0. The lowest BCUT2D eigenvalue weighted by molar-refractivity contribution is 0.274. The Morgan fingerprint density at radius 1 is 1.54 bits per heavy atom. The molecule has 5 heteroatoms. The molecule has 3 nitrogen and oxygen atoms in total. The molecule has 3 N–H and O–H groups in total.